The van der Waals surface area contributed by atoms with Gasteiger partial charge in [0.15, 0.2) is 0 Å². The molecule has 0 heterocycles. The van der Waals surface area contributed by atoms with Crippen molar-refractivity contribution >= 4 is 5.91 Å². The average molecular weight is 283 g/mol. The van der Waals surface area contributed by atoms with Crippen molar-refractivity contribution in [3.8, 4) is 0 Å². The normalized spacial score (nSPS) is 18.5. The first-order valence-electron chi connectivity index (χ1n) is 8.17. The monoisotopic (exact) mass is 283 g/mol. The first-order valence-corrected chi connectivity index (χ1v) is 8.17. The summed E-state index contributed by atoms with van der Waals surface area (Å²) < 4.78 is 0. The van der Waals surface area contributed by atoms with E-state index >= 15 is 0 Å². The van der Waals surface area contributed by atoms with E-state index in [1.165, 1.54) is 32.4 Å². The van der Waals surface area contributed by atoms with E-state index in [-0.39, 0.29) is 11.9 Å². The van der Waals surface area contributed by atoms with Gasteiger partial charge in [-0.2, -0.15) is 0 Å². The molecule has 0 radical (unpaired) electrons. The van der Waals surface area contributed by atoms with Gasteiger partial charge in [-0.15, -0.1) is 0 Å². The Hall–Kier alpha value is -0.610. The molecule has 1 saturated carbocycles. The molecule has 0 spiro atoms. The number of amides is 1. The van der Waals surface area contributed by atoms with Crippen molar-refractivity contribution in [2.24, 2.45) is 11.7 Å². The van der Waals surface area contributed by atoms with Gasteiger partial charge in [-0.3, -0.25) is 4.79 Å². The molecule has 1 amide bonds. The predicted molar refractivity (Wildman–Crippen MR) is 84.6 cm³/mol. The van der Waals surface area contributed by atoms with E-state index in [9.17, 15) is 4.79 Å². The van der Waals surface area contributed by atoms with Crippen LogP contribution in [0.15, 0.2) is 0 Å². The lowest BCUT2D eigenvalue weighted by molar-refractivity contribution is -0.124. The van der Waals surface area contributed by atoms with Crippen LogP contribution in [0.25, 0.3) is 0 Å². The SMILES string of the molecule is CCCN(CCCC(C)(NC(C)C)C(N)=O)CC1CC1. The van der Waals surface area contributed by atoms with Gasteiger partial charge in [-0.1, -0.05) is 6.92 Å². The number of nitrogens with one attached hydrogen (secondary N) is 1. The van der Waals surface area contributed by atoms with Gasteiger partial charge < -0.3 is 16.0 Å². The minimum Gasteiger partial charge on any atom is -0.368 e. The number of nitrogens with zero attached hydrogens (tertiary/aromatic N) is 1. The Bertz CT molecular complexity index is 302. The molecule has 0 aromatic rings. The Morgan fingerprint density at radius 1 is 1.40 bits per heavy atom. The molecule has 3 N–H and O–H groups in total. The summed E-state index contributed by atoms with van der Waals surface area (Å²) in [4.78, 5) is 14.2. The largest absolute Gasteiger partial charge is 0.368 e. The van der Waals surface area contributed by atoms with E-state index < -0.39 is 5.54 Å². The minimum absolute atomic E-state index is 0.240. The molecular formula is C16H33N3O. The van der Waals surface area contributed by atoms with E-state index in [2.05, 4.69) is 31.0 Å². The molecule has 1 rings (SSSR count). The molecule has 1 atom stereocenters. The van der Waals surface area contributed by atoms with Gasteiger partial charge in [-0.25, -0.2) is 0 Å². The van der Waals surface area contributed by atoms with Gasteiger partial charge in [0.25, 0.3) is 0 Å². The van der Waals surface area contributed by atoms with Crippen LogP contribution in [0.3, 0.4) is 0 Å². The summed E-state index contributed by atoms with van der Waals surface area (Å²) in [7, 11) is 0. The first kappa shape index (κ1) is 17.4. The molecule has 0 aromatic carbocycles. The third-order valence-electron chi connectivity index (χ3n) is 4.06. The van der Waals surface area contributed by atoms with Crippen molar-refractivity contribution in [1.82, 2.24) is 10.2 Å². The van der Waals surface area contributed by atoms with E-state index in [4.69, 9.17) is 5.73 Å². The van der Waals surface area contributed by atoms with E-state index in [0.717, 1.165) is 25.3 Å². The van der Waals surface area contributed by atoms with Crippen molar-refractivity contribution in [3.63, 3.8) is 0 Å². The molecule has 0 aromatic heterocycles. The van der Waals surface area contributed by atoms with Gasteiger partial charge >= 0.3 is 0 Å². The molecule has 0 bridgehead atoms. The Balaban J connectivity index is 2.38. The topological polar surface area (TPSA) is 58.4 Å². The second kappa shape index (κ2) is 7.99. The third kappa shape index (κ3) is 6.23. The number of rotatable bonds is 11. The zero-order valence-corrected chi connectivity index (χ0v) is 13.7. The summed E-state index contributed by atoms with van der Waals surface area (Å²) in [5, 5.41) is 3.32. The number of hydrogen-bond donors (Lipinski definition) is 2. The first-order chi connectivity index (χ1) is 9.37. The zero-order valence-electron chi connectivity index (χ0n) is 13.7. The Labute approximate surface area is 124 Å². The van der Waals surface area contributed by atoms with Crippen LogP contribution in [-0.4, -0.2) is 42.0 Å². The smallest absolute Gasteiger partial charge is 0.237 e. The maximum absolute atomic E-state index is 11.7. The van der Waals surface area contributed by atoms with Crippen molar-refractivity contribution < 1.29 is 4.79 Å². The van der Waals surface area contributed by atoms with E-state index in [1.807, 2.05) is 6.92 Å². The minimum atomic E-state index is -0.578. The van der Waals surface area contributed by atoms with Crippen molar-refractivity contribution in [2.75, 3.05) is 19.6 Å². The number of primary amides is 1. The number of carbonyl (C=O) groups is 1. The molecule has 0 saturated heterocycles. The van der Waals surface area contributed by atoms with E-state index in [1.54, 1.807) is 0 Å². The Kier molecular flexibility index (Phi) is 6.96. The fourth-order valence-electron chi connectivity index (χ4n) is 2.84. The van der Waals surface area contributed by atoms with Crippen molar-refractivity contribution in [3.05, 3.63) is 0 Å². The molecule has 1 fully saturated rings. The van der Waals surface area contributed by atoms with Gasteiger partial charge in [0.1, 0.15) is 0 Å². The summed E-state index contributed by atoms with van der Waals surface area (Å²) in [6, 6.07) is 0.269. The molecule has 4 heteroatoms. The highest BCUT2D eigenvalue weighted by Crippen LogP contribution is 2.30. The molecule has 118 valence electrons. The van der Waals surface area contributed by atoms with Crippen molar-refractivity contribution in [2.45, 2.75) is 71.4 Å². The fraction of sp³-hybridized carbons (Fsp3) is 0.938. The molecule has 1 unspecified atom stereocenters. The number of hydrogen-bond acceptors (Lipinski definition) is 3. The van der Waals surface area contributed by atoms with Crippen LogP contribution in [0.5, 0.6) is 0 Å². The lowest BCUT2D eigenvalue weighted by Crippen LogP contribution is -2.55. The molecule has 0 aliphatic heterocycles. The summed E-state index contributed by atoms with van der Waals surface area (Å²) >= 11 is 0. The molecule has 1 aliphatic rings. The van der Waals surface area contributed by atoms with Gasteiger partial charge in [0.2, 0.25) is 5.91 Å². The van der Waals surface area contributed by atoms with Crippen LogP contribution in [0.4, 0.5) is 0 Å². The molecular weight excluding hydrogens is 250 g/mol. The Morgan fingerprint density at radius 2 is 2.05 bits per heavy atom. The van der Waals surface area contributed by atoms with Crippen LogP contribution in [-0.2, 0) is 4.79 Å². The molecule has 4 nitrogen and oxygen atoms in total. The zero-order chi connectivity index (χ0) is 15.2. The fourth-order valence-corrected chi connectivity index (χ4v) is 2.84. The van der Waals surface area contributed by atoms with Crippen LogP contribution in [0.1, 0.15) is 59.8 Å². The second-order valence-electron chi connectivity index (χ2n) is 6.84. The standard InChI is InChI=1S/C16H33N3O/c1-5-10-19(12-14-7-8-14)11-6-9-16(4,15(17)20)18-13(2)3/h13-14,18H,5-12H2,1-4H3,(H2,17,20). The summed E-state index contributed by atoms with van der Waals surface area (Å²) in [5.74, 6) is 0.688. The highest BCUT2D eigenvalue weighted by atomic mass is 16.1. The maximum Gasteiger partial charge on any atom is 0.237 e. The molecule has 20 heavy (non-hydrogen) atoms. The molecule has 1 aliphatic carbocycles. The quantitative estimate of drug-likeness (QED) is 0.611. The van der Waals surface area contributed by atoms with Gasteiger partial charge in [0, 0.05) is 12.6 Å². The predicted octanol–water partition coefficient (Wildman–Crippen LogP) is 2.13. The third-order valence-corrected chi connectivity index (χ3v) is 4.06. The average Bonchev–Trinajstić information content (AvgIpc) is 3.12. The van der Waals surface area contributed by atoms with Crippen LogP contribution >= 0.6 is 0 Å². The van der Waals surface area contributed by atoms with Crippen LogP contribution in [0, 0.1) is 5.92 Å². The maximum atomic E-state index is 11.7. The highest BCUT2D eigenvalue weighted by molar-refractivity contribution is 5.84. The Morgan fingerprint density at radius 3 is 2.50 bits per heavy atom. The van der Waals surface area contributed by atoms with Crippen molar-refractivity contribution in [1.29, 1.82) is 0 Å². The summed E-state index contributed by atoms with van der Waals surface area (Å²) in [6.45, 7) is 11.7. The van der Waals surface area contributed by atoms with E-state index in [0.29, 0.717) is 0 Å². The summed E-state index contributed by atoms with van der Waals surface area (Å²) in [6.07, 6.45) is 5.82. The van der Waals surface area contributed by atoms with Gasteiger partial charge in [0.05, 0.1) is 5.54 Å². The summed E-state index contributed by atoms with van der Waals surface area (Å²) in [5.41, 5.74) is 4.99. The second-order valence-corrected chi connectivity index (χ2v) is 6.84. The number of nitrogens with two attached hydrogens (primary N) is 1. The lowest BCUT2D eigenvalue weighted by atomic mass is 9.93. The highest BCUT2D eigenvalue weighted by Gasteiger charge is 2.31. The van der Waals surface area contributed by atoms with Gasteiger partial charge in [-0.05, 0) is 71.9 Å². The van der Waals surface area contributed by atoms with Crippen LogP contribution in [0.2, 0.25) is 0 Å². The lowest BCUT2D eigenvalue weighted by Gasteiger charge is -2.31. The van der Waals surface area contributed by atoms with Crippen LogP contribution < -0.4 is 11.1 Å². The number of carbonyl (C=O) groups excluding carboxylic acids is 1.